The van der Waals surface area contributed by atoms with E-state index in [1.54, 1.807) is 0 Å². The number of aromatic amines is 1. The third kappa shape index (κ3) is 1.88. The average Bonchev–Trinajstić information content (AvgIpc) is 2.81. The molecule has 2 fully saturated rings. The number of hydrogen-bond donors (Lipinski definition) is 2. The van der Waals surface area contributed by atoms with Crippen LogP contribution in [0.3, 0.4) is 0 Å². The number of nitrogens with one attached hydrogen (secondary N) is 1. The third-order valence-corrected chi connectivity index (χ3v) is 5.51. The zero-order chi connectivity index (χ0) is 12.0. The molecule has 0 amide bonds. The lowest BCUT2D eigenvalue weighted by Crippen LogP contribution is -2.32. The topological polar surface area (TPSA) is 92.1 Å². The molecule has 0 bridgehead atoms. The van der Waals surface area contributed by atoms with E-state index in [4.69, 9.17) is 5.73 Å². The van der Waals surface area contributed by atoms with Gasteiger partial charge >= 0.3 is 0 Å². The van der Waals surface area contributed by atoms with Gasteiger partial charge in [-0.25, -0.2) is 8.42 Å². The van der Waals surface area contributed by atoms with Crippen molar-refractivity contribution >= 4 is 10.0 Å². The van der Waals surface area contributed by atoms with Crippen LogP contribution in [0.5, 0.6) is 0 Å². The second-order valence-electron chi connectivity index (χ2n) is 4.92. The second kappa shape index (κ2) is 3.79. The minimum atomic E-state index is -3.41. The van der Waals surface area contributed by atoms with Gasteiger partial charge in [0.05, 0.1) is 6.20 Å². The van der Waals surface area contributed by atoms with Gasteiger partial charge in [0.25, 0.3) is 0 Å². The molecule has 1 aliphatic heterocycles. The summed E-state index contributed by atoms with van der Waals surface area (Å²) < 4.78 is 26.0. The fourth-order valence-corrected chi connectivity index (χ4v) is 3.99. The zero-order valence-electron chi connectivity index (χ0n) is 9.41. The molecule has 3 rings (SSSR count). The first-order valence-corrected chi connectivity index (χ1v) is 7.27. The molecule has 94 valence electrons. The number of aromatic nitrogens is 2. The van der Waals surface area contributed by atoms with Gasteiger partial charge < -0.3 is 5.73 Å². The van der Waals surface area contributed by atoms with Crippen molar-refractivity contribution in [2.24, 2.45) is 17.6 Å². The van der Waals surface area contributed by atoms with Crippen molar-refractivity contribution in [3.63, 3.8) is 0 Å². The van der Waals surface area contributed by atoms with E-state index in [2.05, 4.69) is 10.2 Å². The Morgan fingerprint density at radius 2 is 2.18 bits per heavy atom. The van der Waals surface area contributed by atoms with Crippen LogP contribution >= 0.6 is 0 Å². The highest BCUT2D eigenvalue weighted by molar-refractivity contribution is 7.89. The maximum Gasteiger partial charge on any atom is 0.246 e. The molecule has 2 aliphatic rings. The summed E-state index contributed by atoms with van der Waals surface area (Å²) in [5.41, 5.74) is 6.03. The quantitative estimate of drug-likeness (QED) is 0.781. The van der Waals surface area contributed by atoms with Crippen molar-refractivity contribution in [2.75, 3.05) is 13.1 Å². The largest absolute Gasteiger partial charge is 0.326 e. The molecule has 1 saturated carbocycles. The van der Waals surface area contributed by atoms with Crippen LogP contribution < -0.4 is 5.73 Å². The molecule has 3 N–H and O–H groups in total. The molecule has 2 heterocycles. The van der Waals surface area contributed by atoms with Crippen LogP contribution in [0, 0.1) is 11.8 Å². The summed E-state index contributed by atoms with van der Waals surface area (Å²) in [5.74, 6) is 0.964. The smallest absolute Gasteiger partial charge is 0.246 e. The van der Waals surface area contributed by atoms with Crippen molar-refractivity contribution in [3.05, 3.63) is 12.4 Å². The highest BCUT2D eigenvalue weighted by Crippen LogP contribution is 2.41. The highest BCUT2D eigenvalue weighted by atomic mass is 32.2. The Morgan fingerprint density at radius 3 is 2.76 bits per heavy atom. The Morgan fingerprint density at radius 1 is 1.41 bits per heavy atom. The molecule has 7 heteroatoms. The van der Waals surface area contributed by atoms with Gasteiger partial charge in [0.1, 0.15) is 4.90 Å². The fourth-order valence-electron chi connectivity index (χ4n) is 2.56. The lowest BCUT2D eigenvalue weighted by Gasteiger charge is -2.14. The van der Waals surface area contributed by atoms with Crippen LogP contribution in [-0.2, 0) is 10.0 Å². The number of sulfonamides is 1. The van der Waals surface area contributed by atoms with Crippen molar-refractivity contribution in [1.82, 2.24) is 14.5 Å². The molecule has 0 aromatic carbocycles. The molecule has 1 aromatic heterocycles. The van der Waals surface area contributed by atoms with Gasteiger partial charge in [-0.15, -0.1) is 0 Å². The Balaban J connectivity index is 1.82. The zero-order valence-corrected chi connectivity index (χ0v) is 10.2. The fraction of sp³-hybridized carbons (Fsp3) is 0.700. The predicted molar refractivity (Wildman–Crippen MR) is 61.5 cm³/mol. The van der Waals surface area contributed by atoms with Gasteiger partial charge in [0.15, 0.2) is 0 Å². The molecular formula is C10H16N4O2S. The van der Waals surface area contributed by atoms with E-state index in [9.17, 15) is 8.42 Å². The maximum absolute atomic E-state index is 12.2. The summed E-state index contributed by atoms with van der Waals surface area (Å²) in [7, 11) is -3.41. The number of rotatable bonds is 3. The number of nitrogens with zero attached hydrogens (tertiary/aromatic N) is 2. The van der Waals surface area contributed by atoms with E-state index in [1.165, 1.54) is 29.5 Å². The molecule has 1 saturated heterocycles. The van der Waals surface area contributed by atoms with Crippen molar-refractivity contribution in [3.8, 4) is 0 Å². The van der Waals surface area contributed by atoms with Crippen LogP contribution in [0.15, 0.2) is 17.3 Å². The first-order valence-electron chi connectivity index (χ1n) is 5.83. The molecular weight excluding hydrogens is 240 g/mol. The maximum atomic E-state index is 12.2. The monoisotopic (exact) mass is 256 g/mol. The first kappa shape index (κ1) is 11.2. The average molecular weight is 256 g/mol. The summed E-state index contributed by atoms with van der Waals surface area (Å²) >= 11 is 0. The predicted octanol–water partition coefficient (Wildman–Crippen LogP) is -0.233. The Hall–Kier alpha value is -0.920. The van der Waals surface area contributed by atoms with E-state index in [1.807, 2.05) is 0 Å². The van der Waals surface area contributed by atoms with Crippen molar-refractivity contribution in [2.45, 2.75) is 23.8 Å². The first-order chi connectivity index (χ1) is 8.09. The Bertz CT molecular complexity index is 494. The van der Waals surface area contributed by atoms with Gasteiger partial charge in [-0.05, 0) is 24.7 Å². The third-order valence-electron chi connectivity index (χ3n) is 3.72. The van der Waals surface area contributed by atoms with Crippen LogP contribution in [0.25, 0.3) is 0 Å². The van der Waals surface area contributed by atoms with Crippen LogP contribution in [0.1, 0.15) is 12.8 Å². The lowest BCUT2D eigenvalue weighted by molar-refractivity contribution is 0.428. The number of nitrogens with two attached hydrogens (primary N) is 1. The molecule has 6 nitrogen and oxygen atoms in total. The molecule has 1 aliphatic carbocycles. The standard InChI is InChI=1S/C10H16N4O2S/c11-10-6-14(5-9(10)7-1-2-7)17(15,16)8-3-12-13-4-8/h3-4,7,9-10H,1-2,5-6,11H2,(H,12,13)/t9-,10+/m1/s1. The normalized spacial score (nSPS) is 30.9. The van der Waals surface area contributed by atoms with Crippen LogP contribution in [0.4, 0.5) is 0 Å². The van der Waals surface area contributed by atoms with Gasteiger partial charge in [-0.2, -0.15) is 9.40 Å². The SMILES string of the molecule is N[C@H]1CN(S(=O)(=O)c2cn[nH]c2)C[C@@H]1C1CC1. The van der Waals surface area contributed by atoms with E-state index in [0.29, 0.717) is 24.9 Å². The number of hydrogen-bond acceptors (Lipinski definition) is 4. The Labute approximate surface area is 100 Å². The van der Waals surface area contributed by atoms with Crippen LogP contribution in [0.2, 0.25) is 0 Å². The molecule has 1 aromatic rings. The summed E-state index contributed by atoms with van der Waals surface area (Å²) in [6.45, 7) is 0.980. The molecule has 0 spiro atoms. The van der Waals surface area contributed by atoms with E-state index in [-0.39, 0.29) is 10.9 Å². The molecule has 17 heavy (non-hydrogen) atoms. The van der Waals surface area contributed by atoms with Crippen LogP contribution in [-0.4, -0.2) is 42.1 Å². The Kier molecular flexibility index (Phi) is 2.49. The lowest BCUT2D eigenvalue weighted by atomic mass is 9.99. The highest BCUT2D eigenvalue weighted by Gasteiger charge is 2.44. The minimum Gasteiger partial charge on any atom is -0.326 e. The summed E-state index contributed by atoms with van der Waals surface area (Å²) in [6.07, 6.45) is 5.13. The molecule has 0 unspecified atom stereocenters. The van der Waals surface area contributed by atoms with E-state index >= 15 is 0 Å². The molecule has 0 radical (unpaired) electrons. The van der Waals surface area contributed by atoms with Gasteiger partial charge in [0, 0.05) is 25.3 Å². The molecule has 2 atom stereocenters. The van der Waals surface area contributed by atoms with Crippen molar-refractivity contribution < 1.29 is 8.42 Å². The van der Waals surface area contributed by atoms with E-state index < -0.39 is 10.0 Å². The summed E-state index contributed by atoms with van der Waals surface area (Å²) in [5, 5.41) is 6.21. The number of H-pyrrole nitrogens is 1. The van der Waals surface area contributed by atoms with E-state index in [0.717, 1.165) is 0 Å². The van der Waals surface area contributed by atoms with Crippen molar-refractivity contribution in [1.29, 1.82) is 0 Å². The second-order valence-corrected chi connectivity index (χ2v) is 6.86. The summed E-state index contributed by atoms with van der Waals surface area (Å²) in [4.78, 5) is 0.223. The van der Waals surface area contributed by atoms with Gasteiger partial charge in [-0.1, -0.05) is 0 Å². The summed E-state index contributed by atoms with van der Waals surface area (Å²) in [6, 6.07) is -0.0239. The van der Waals surface area contributed by atoms with Gasteiger partial charge in [-0.3, -0.25) is 5.10 Å². The minimum absolute atomic E-state index is 0.0239. The van der Waals surface area contributed by atoms with Gasteiger partial charge in [0.2, 0.25) is 10.0 Å².